The van der Waals surface area contributed by atoms with Gasteiger partial charge in [0.1, 0.15) is 22.8 Å². The summed E-state index contributed by atoms with van der Waals surface area (Å²) in [5.41, 5.74) is 1.10. The molecule has 0 fully saturated rings. The van der Waals surface area contributed by atoms with Crippen LogP contribution < -0.4 is 4.74 Å². The average Bonchev–Trinajstić information content (AvgIpc) is 2.67. The second kappa shape index (κ2) is 5.11. The van der Waals surface area contributed by atoms with Gasteiger partial charge in [0, 0.05) is 12.6 Å². The summed E-state index contributed by atoms with van der Waals surface area (Å²) in [7, 11) is 1.78. The Morgan fingerprint density at radius 1 is 1.50 bits per heavy atom. The van der Waals surface area contributed by atoms with Crippen LogP contribution in [-0.4, -0.2) is 16.2 Å². The van der Waals surface area contributed by atoms with Crippen molar-refractivity contribution in [3.63, 3.8) is 0 Å². The Morgan fingerprint density at radius 3 is 2.89 bits per heavy atom. The lowest BCUT2D eigenvalue weighted by Gasteiger charge is -2.06. The van der Waals surface area contributed by atoms with Gasteiger partial charge in [-0.15, -0.1) is 0 Å². The van der Waals surface area contributed by atoms with Crippen LogP contribution in [0.4, 0.5) is 0 Å². The number of nitrogens with zero attached hydrogens (tertiary/aromatic N) is 3. The van der Waals surface area contributed by atoms with Crippen LogP contribution in [0.1, 0.15) is 12.6 Å². The van der Waals surface area contributed by atoms with Gasteiger partial charge in [-0.2, -0.15) is 5.26 Å². The number of hydrogen-bond acceptors (Lipinski definition) is 3. The Labute approximate surface area is 110 Å². The Kier molecular flexibility index (Phi) is 3.54. The normalized spacial score (nSPS) is 10.1. The smallest absolute Gasteiger partial charge is 0.178 e. The van der Waals surface area contributed by atoms with Crippen molar-refractivity contribution < 1.29 is 4.74 Å². The van der Waals surface area contributed by atoms with E-state index >= 15 is 0 Å². The molecule has 5 heteroatoms. The highest BCUT2D eigenvalue weighted by Gasteiger charge is 2.14. The standard InChI is InChI=1S/C13H12ClN3O/c1-3-18-10-6-4-5-9(7-10)13-16-11(8-15)12(14)17(13)2/h4-7H,3H2,1-2H3. The highest BCUT2D eigenvalue weighted by Crippen LogP contribution is 2.26. The summed E-state index contributed by atoms with van der Waals surface area (Å²) in [4.78, 5) is 4.21. The minimum atomic E-state index is 0.232. The molecule has 2 aromatic rings. The third kappa shape index (κ3) is 2.18. The molecule has 4 nitrogen and oxygen atoms in total. The Morgan fingerprint density at radius 2 is 2.28 bits per heavy atom. The van der Waals surface area contributed by atoms with Crippen molar-refractivity contribution in [2.45, 2.75) is 6.92 Å². The number of hydrogen-bond donors (Lipinski definition) is 0. The van der Waals surface area contributed by atoms with Crippen molar-refractivity contribution in [2.24, 2.45) is 7.05 Å². The highest BCUT2D eigenvalue weighted by atomic mass is 35.5. The Bertz CT molecular complexity index is 613. The first-order valence-electron chi connectivity index (χ1n) is 5.53. The molecule has 0 atom stereocenters. The van der Waals surface area contributed by atoms with Crippen molar-refractivity contribution in [2.75, 3.05) is 6.61 Å². The maximum absolute atomic E-state index is 8.91. The molecule has 0 spiro atoms. The van der Waals surface area contributed by atoms with E-state index in [9.17, 15) is 0 Å². The van der Waals surface area contributed by atoms with Gasteiger partial charge < -0.3 is 9.30 Å². The van der Waals surface area contributed by atoms with Crippen molar-refractivity contribution in [3.05, 3.63) is 35.1 Å². The Balaban J connectivity index is 2.49. The lowest BCUT2D eigenvalue weighted by atomic mass is 10.2. The van der Waals surface area contributed by atoms with Crippen LogP contribution >= 0.6 is 11.6 Å². The third-order valence-corrected chi connectivity index (χ3v) is 2.97. The van der Waals surface area contributed by atoms with Crippen LogP contribution in [-0.2, 0) is 7.05 Å². The number of ether oxygens (including phenoxy) is 1. The molecule has 0 aliphatic rings. The summed E-state index contributed by atoms with van der Waals surface area (Å²) >= 11 is 6.01. The predicted molar refractivity (Wildman–Crippen MR) is 69.5 cm³/mol. The average molecular weight is 262 g/mol. The molecule has 92 valence electrons. The molecule has 2 rings (SSSR count). The van der Waals surface area contributed by atoms with E-state index < -0.39 is 0 Å². The summed E-state index contributed by atoms with van der Waals surface area (Å²) in [5, 5.41) is 9.25. The van der Waals surface area contributed by atoms with Crippen LogP contribution in [0, 0.1) is 11.3 Å². The highest BCUT2D eigenvalue weighted by molar-refractivity contribution is 6.30. The number of aromatic nitrogens is 2. The molecule has 0 amide bonds. The van der Waals surface area contributed by atoms with Gasteiger partial charge in [0.25, 0.3) is 0 Å². The molecule has 0 saturated heterocycles. The van der Waals surface area contributed by atoms with E-state index in [0.29, 0.717) is 17.6 Å². The van der Waals surface area contributed by atoms with Crippen molar-refractivity contribution >= 4 is 11.6 Å². The van der Waals surface area contributed by atoms with Gasteiger partial charge in [-0.3, -0.25) is 0 Å². The van der Waals surface area contributed by atoms with Crippen LogP contribution in [0.5, 0.6) is 5.75 Å². The fourth-order valence-corrected chi connectivity index (χ4v) is 1.86. The molecule has 18 heavy (non-hydrogen) atoms. The second-order valence-corrected chi connectivity index (χ2v) is 4.06. The summed E-state index contributed by atoms with van der Waals surface area (Å²) in [6, 6.07) is 9.52. The molecule has 0 bridgehead atoms. The SMILES string of the molecule is CCOc1cccc(-c2nc(C#N)c(Cl)n2C)c1. The lowest BCUT2D eigenvalue weighted by molar-refractivity contribution is 0.340. The second-order valence-electron chi connectivity index (χ2n) is 3.71. The summed E-state index contributed by atoms with van der Waals surface area (Å²) in [5.74, 6) is 1.42. The first-order chi connectivity index (χ1) is 8.67. The zero-order valence-electron chi connectivity index (χ0n) is 10.1. The van der Waals surface area contributed by atoms with Crippen LogP contribution in [0.3, 0.4) is 0 Å². The minimum absolute atomic E-state index is 0.232. The first-order valence-corrected chi connectivity index (χ1v) is 5.90. The minimum Gasteiger partial charge on any atom is -0.494 e. The van der Waals surface area contributed by atoms with Gasteiger partial charge in [0.15, 0.2) is 5.69 Å². The monoisotopic (exact) mass is 261 g/mol. The summed E-state index contributed by atoms with van der Waals surface area (Å²) in [6.45, 7) is 2.53. The van der Waals surface area contributed by atoms with E-state index in [0.717, 1.165) is 11.3 Å². The van der Waals surface area contributed by atoms with E-state index in [-0.39, 0.29) is 5.69 Å². The van der Waals surface area contributed by atoms with Crippen molar-refractivity contribution in [1.82, 2.24) is 9.55 Å². The predicted octanol–water partition coefficient (Wildman–Crippen LogP) is 3.01. The van der Waals surface area contributed by atoms with Gasteiger partial charge in [-0.05, 0) is 19.1 Å². The molecule has 1 aromatic carbocycles. The zero-order valence-corrected chi connectivity index (χ0v) is 10.9. The fourth-order valence-electron chi connectivity index (χ4n) is 1.70. The van der Waals surface area contributed by atoms with Crippen LogP contribution in [0.2, 0.25) is 5.15 Å². The number of rotatable bonds is 3. The van der Waals surface area contributed by atoms with E-state index in [1.807, 2.05) is 37.3 Å². The van der Waals surface area contributed by atoms with E-state index in [2.05, 4.69) is 4.98 Å². The van der Waals surface area contributed by atoms with E-state index in [4.69, 9.17) is 21.6 Å². The van der Waals surface area contributed by atoms with Crippen LogP contribution in [0.15, 0.2) is 24.3 Å². The molecule has 0 saturated carbocycles. The van der Waals surface area contributed by atoms with Crippen molar-refractivity contribution in [3.8, 4) is 23.2 Å². The molecular formula is C13H12ClN3O. The maximum Gasteiger partial charge on any atom is 0.178 e. The van der Waals surface area contributed by atoms with Gasteiger partial charge >= 0.3 is 0 Å². The zero-order chi connectivity index (χ0) is 13.1. The van der Waals surface area contributed by atoms with E-state index in [1.54, 1.807) is 11.6 Å². The molecule has 0 N–H and O–H groups in total. The third-order valence-electron chi connectivity index (χ3n) is 2.53. The number of benzene rings is 1. The summed E-state index contributed by atoms with van der Waals surface area (Å²) in [6.07, 6.45) is 0. The summed E-state index contributed by atoms with van der Waals surface area (Å²) < 4.78 is 7.12. The Hall–Kier alpha value is -1.99. The molecule has 0 aliphatic heterocycles. The number of halogens is 1. The van der Waals surface area contributed by atoms with Gasteiger partial charge in [-0.25, -0.2) is 4.98 Å². The quantitative estimate of drug-likeness (QED) is 0.853. The largest absolute Gasteiger partial charge is 0.494 e. The first kappa shape index (κ1) is 12.5. The number of imidazole rings is 1. The van der Waals surface area contributed by atoms with Crippen molar-refractivity contribution in [1.29, 1.82) is 5.26 Å². The molecule has 1 aromatic heterocycles. The topological polar surface area (TPSA) is 50.8 Å². The fraction of sp³-hybridized carbons (Fsp3) is 0.231. The van der Waals surface area contributed by atoms with E-state index in [1.165, 1.54) is 0 Å². The molecule has 0 radical (unpaired) electrons. The van der Waals surface area contributed by atoms with Crippen LogP contribution in [0.25, 0.3) is 11.4 Å². The molecular weight excluding hydrogens is 250 g/mol. The molecule has 0 unspecified atom stereocenters. The van der Waals surface area contributed by atoms with Gasteiger partial charge in [0.2, 0.25) is 0 Å². The lowest BCUT2D eigenvalue weighted by Crippen LogP contribution is -1.95. The molecule has 1 heterocycles. The van der Waals surface area contributed by atoms with Gasteiger partial charge in [0.05, 0.1) is 6.61 Å². The number of nitriles is 1. The van der Waals surface area contributed by atoms with Gasteiger partial charge in [-0.1, -0.05) is 23.7 Å². The molecule has 0 aliphatic carbocycles. The maximum atomic E-state index is 8.91.